The lowest BCUT2D eigenvalue weighted by Gasteiger charge is -2.18. The molecule has 0 aromatic heterocycles. The Balaban J connectivity index is 4.22. The summed E-state index contributed by atoms with van der Waals surface area (Å²) in [5.41, 5.74) is 0. The Morgan fingerprint density at radius 3 is 0.695 bits per heavy atom. The molecule has 0 rings (SSSR count). The maximum atomic E-state index is 12.9. The van der Waals surface area contributed by atoms with E-state index >= 15 is 0 Å². The summed E-state index contributed by atoms with van der Waals surface area (Å²) in [6.45, 7) is 6.67. The van der Waals surface area contributed by atoms with E-state index in [9.17, 15) is 14.4 Å². The van der Waals surface area contributed by atoms with E-state index in [-0.39, 0.29) is 31.1 Å². The molecular formula is C76H138O6. The van der Waals surface area contributed by atoms with Crippen LogP contribution < -0.4 is 0 Å². The van der Waals surface area contributed by atoms with Gasteiger partial charge in [-0.2, -0.15) is 0 Å². The molecule has 0 aliphatic heterocycles. The van der Waals surface area contributed by atoms with Crippen molar-refractivity contribution in [3.63, 3.8) is 0 Å². The van der Waals surface area contributed by atoms with Gasteiger partial charge in [-0.15, -0.1) is 0 Å². The summed E-state index contributed by atoms with van der Waals surface area (Å²) in [5, 5.41) is 0. The number of carbonyl (C=O) groups excluding carboxylic acids is 3. The average molecular weight is 1150 g/mol. The Hall–Kier alpha value is -2.89. The van der Waals surface area contributed by atoms with Crippen molar-refractivity contribution in [3.8, 4) is 0 Å². The maximum absolute atomic E-state index is 12.9. The van der Waals surface area contributed by atoms with Gasteiger partial charge in [0.25, 0.3) is 0 Å². The fourth-order valence-corrected chi connectivity index (χ4v) is 10.7. The topological polar surface area (TPSA) is 78.9 Å². The highest BCUT2D eigenvalue weighted by Crippen LogP contribution is 2.18. The van der Waals surface area contributed by atoms with Crippen LogP contribution in [-0.4, -0.2) is 37.2 Å². The zero-order valence-electron chi connectivity index (χ0n) is 55.0. The van der Waals surface area contributed by atoms with Crippen LogP contribution in [0.1, 0.15) is 387 Å². The molecule has 6 heteroatoms. The van der Waals surface area contributed by atoms with Crippen molar-refractivity contribution >= 4 is 17.9 Å². The number of esters is 3. The second-order valence-corrected chi connectivity index (χ2v) is 24.5. The van der Waals surface area contributed by atoms with E-state index in [2.05, 4.69) is 81.5 Å². The second kappa shape index (κ2) is 70.6. The van der Waals surface area contributed by atoms with Gasteiger partial charge in [0.05, 0.1) is 0 Å². The molecule has 0 aliphatic carbocycles. The molecule has 0 N–H and O–H groups in total. The maximum Gasteiger partial charge on any atom is 0.306 e. The molecule has 6 nitrogen and oxygen atoms in total. The first-order valence-electron chi connectivity index (χ1n) is 36.3. The lowest BCUT2D eigenvalue weighted by Crippen LogP contribution is -2.30. The quantitative estimate of drug-likeness (QED) is 0.0261. The van der Waals surface area contributed by atoms with Crippen LogP contribution >= 0.6 is 0 Å². The molecule has 0 aromatic rings. The normalized spacial score (nSPS) is 12.4. The first-order chi connectivity index (χ1) is 40.5. The van der Waals surface area contributed by atoms with Crippen LogP contribution in [0.15, 0.2) is 60.8 Å². The largest absolute Gasteiger partial charge is 0.462 e. The molecule has 0 aliphatic rings. The van der Waals surface area contributed by atoms with Crippen molar-refractivity contribution in [3.05, 3.63) is 60.8 Å². The molecule has 478 valence electrons. The zero-order valence-corrected chi connectivity index (χ0v) is 55.0. The molecule has 1 unspecified atom stereocenters. The van der Waals surface area contributed by atoms with E-state index in [1.807, 2.05) is 0 Å². The monoisotopic (exact) mass is 1150 g/mol. The number of carbonyl (C=O) groups is 3. The van der Waals surface area contributed by atoms with Crippen LogP contribution in [0.3, 0.4) is 0 Å². The molecular weight excluding hydrogens is 1010 g/mol. The van der Waals surface area contributed by atoms with Crippen molar-refractivity contribution in [1.82, 2.24) is 0 Å². The highest BCUT2D eigenvalue weighted by Gasteiger charge is 2.19. The minimum Gasteiger partial charge on any atom is -0.462 e. The minimum absolute atomic E-state index is 0.0750. The van der Waals surface area contributed by atoms with Crippen LogP contribution in [-0.2, 0) is 28.6 Å². The van der Waals surface area contributed by atoms with Crippen LogP contribution in [0, 0.1) is 0 Å². The van der Waals surface area contributed by atoms with E-state index in [0.717, 1.165) is 77.0 Å². The first kappa shape index (κ1) is 79.1. The average Bonchev–Trinajstić information content (AvgIpc) is 3.48. The number of hydrogen-bond acceptors (Lipinski definition) is 6. The van der Waals surface area contributed by atoms with Gasteiger partial charge in [0, 0.05) is 19.3 Å². The van der Waals surface area contributed by atoms with Gasteiger partial charge in [-0.1, -0.05) is 319 Å². The Kier molecular flexibility index (Phi) is 68.1. The van der Waals surface area contributed by atoms with Crippen molar-refractivity contribution in [2.45, 2.75) is 393 Å². The van der Waals surface area contributed by atoms with Gasteiger partial charge in [0.2, 0.25) is 0 Å². The van der Waals surface area contributed by atoms with Crippen molar-refractivity contribution in [2.75, 3.05) is 13.2 Å². The smallest absolute Gasteiger partial charge is 0.306 e. The third-order valence-corrected chi connectivity index (χ3v) is 16.2. The molecule has 0 aromatic carbocycles. The number of unbranched alkanes of at least 4 members (excludes halogenated alkanes) is 46. The second-order valence-electron chi connectivity index (χ2n) is 24.5. The van der Waals surface area contributed by atoms with Gasteiger partial charge in [0.1, 0.15) is 13.2 Å². The molecule has 0 saturated carbocycles. The summed E-state index contributed by atoms with van der Waals surface area (Å²) >= 11 is 0. The molecule has 0 saturated heterocycles. The van der Waals surface area contributed by atoms with Crippen LogP contribution in [0.2, 0.25) is 0 Å². The highest BCUT2D eigenvalue weighted by molar-refractivity contribution is 5.71. The van der Waals surface area contributed by atoms with E-state index in [1.165, 1.54) is 270 Å². The molecule has 0 radical (unpaired) electrons. The predicted molar refractivity (Wildman–Crippen MR) is 358 cm³/mol. The number of rotatable bonds is 67. The van der Waals surface area contributed by atoms with Gasteiger partial charge < -0.3 is 14.2 Å². The molecule has 0 heterocycles. The fraction of sp³-hybridized carbons (Fsp3) is 0.829. The molecule has 1 atom stereocenters. The van der Waals surface area contributed by atoms with Crippen LogP contribution in [0.25, 0.3) is 0 Å². The van der Waals surface area contributed by atoms with Crippen molar-refractivity contribution < 1.29 is 28.6 Å². The van der Waals surface area contributed by atoms with E-state index in [0.29, 0.717) is 19.3 Å². The van der Waals surface area contributed by atoms with Gasteiger partial charge >= 0.3 is 17.9 Å². The third-order valence-electron chi connectivity index (χ3n) is 16.2. The Morgan fingerprint density at radius 2 is 0.439 bits per heavy atom. The first-order valence-corrected chi connectivity index (χ1v) is 36.3. The highest BCUT2D eigenvalue weighted by atomic mass is 16.6. The number of hydrogen-bond donors (Lipinski definition) is 0. The summed E-state index contributed by atoms with van der Waals surface area (Å²) in [6.07, 6.45) is 91.1. The number of ether oxygens (including phenoxy) is 3. The SMILES string of the molecule is CCCCCCC/C=C\C/C=C\C/C=C\CCCCCCCCCCCCCCCCCCC(=O)OCC(COC(=O)CCCCCCC/C=C\CCCCCCCCC)OC(=O)CCCCCCCCC/C=C\CCCCCCCC. The molecule has 82 heavy (non-hydrogen) atoms. The molecule has 0 spiro atoms. The predicted octanol–water partition coefficient (Wildman–Crippen LogP) is 25.1. The van der Waals surface area contributed by atoms with Gasteiger partial charge in [-0.05, 0) is 109 Å². The fourth-order valence-electron chi connectivity index (χ4n) is 10.7. The molecule has 0 fully saturated rings. The Bertz CT molecular complexity index is 1460. The minimum atomic E-state index is -0.780. The van der Waals surface area contributed by atoms with Gasteiger partial charge in [-0.25, -0.2) is 0 Å². The van der Waals surface area contributed by atoms with E-state index in [4.69, 9.17) is 14.2 Å². The third kappa shape index (κ3) is 67.9. The van der Waals surface area contributed by atoms with E-state index < -0.39 is 6.10 Å². The zero-order chi connectivity index (χ0) is 59.2. The van der Waals surface area contributed by atoms with E-state index in [1.54, 1.807) is 0 Å². The van der Waals surface area contributed by atoms with Crippen LogP contribution in [0.4, 0.5) is 0 Å². The molecule has 0 bridgehead atoms. The van der Waals surface area contributed by atoms with Crippen molar-refractivity contribution in [1.29, 1.82) is 0 Å². The summed E-state index contributed by atoms with van der Waals surface area (Å²) < 4.78 is 17.0. The van der Waals surface area contributed by atoms with Crippen molar-refractivity contribution in [2.24, 2.45) is 0 Å². The Morgan fingerprint density at radius 1 is 0.244 bits per heavy atom. The number of allylic oxidation sites excluding steroid dienone is 10. The standard InChI is InChI=1S/C76H138O6/c1-4-7-10-13-16-19-22-25-28-31-32-33-34-35-36-37-38-39-40-41-42-43-44-46-48-51-54-57-60-63-66-69-75(78)81-72-73(71-80-74(77)68-65-62-59-56-53-50-47-30-27-24-21-18-15-12-9-6-3)82-76(79)70-67-64-61-58-55-52-49-45-29-26-23-20-17-14-11-8-5-2/h22,25-26,29-32,34-35,47,73H,4-21,23-24,27-28,33,36-46,48-72H2,1-3H3/b25-22-,29-26-,32-31-,35-34-,47-30-. The molecule has 0 amide bonds. The summed E-state index contributed by atoms with van der Waals surface area (Å²) in [7, 11) is 0. The van der Waals surface area contributed by atoms with Crippen LogP contribution in [0.5, 0.6) is 0 Å². The lowest BCUT2D eigenvalue weighted by molar-refractivity contribution is -0.167. The Labute approximate surface area is 510 Å². The summed E-state index contributed by atoms with van der Waals surface area (Å²) in [6, 6.07) is 0. The summed E-state index contributed by atoms with van der Waals surface area (Å²) in [5.74, 6) is -0.864. The lowest BCUT2D eigenvalue weighted by atomic mass is 10.0. The van der Waals surface area contributed by atoms with Gasteiger partial charge in [0.15, 0.2) is 6.10 Å². The van der Waals surface area contributed by atoms with Gasteiger partial charge in [-0.3, -0.25) is 14.4 Å². The summed E-state index contributed by atoms with van der Waals surface area (Å²) in [4.78, 5) is 38.4.